The van der Waals surface area contributed by atoms with Crippen molar-refractivity contribution in [3.05, 3.63) is 23.3 Å². The minimum atomic E-state index is 0.163. The first kappa shape index (κ1) is 12.8. The van der Waals surface area contributed by atoms with E-state index in [0.29, 0.717) is 5.25 Å². The maximum Gasteiger partial charge on any atom is 0.141 e. The van der Waals surface area contributed by atoms with E-state index < -0.39 is 0 Å². The Morgan fingerprint density at radius 1 is 1.47 bits per heavy atom. The van der Waals surface area contributed by atoms with E-state index in [1.165, 1.54) is 25.0 Å². The van der Waals surface area contributed by atoms with Crippen LogP contribution in [0.3, 0.4) is 0 Å². The zero-order chi connectivity index (χ0) is 12.3. The molecule has 0 bridgehead atoms. The van der Waals surface area contributed by atoms with Gasteiger partial charge in [-0.25, -0.2) is 9.97 Å². The topological polar surface area (TPSA) is 51.8 Å². The molecule has 2 unspecified atom stereocenters. The maximum atomic E-state index is 5.84. The molecule has 0 aliphatic carbocycles. The van der Waals surface area contributed by atoms with Crippen LogP contribution in [0.2, 0.25) is 0 Å². The molecule has 3 nitrogen and oxygen atoms in total. The predicted octanol–water partition coefficient (Wildman–Crippen LogP) is 2.63. The zero-order valence-electron chi connectivity index (χ0n) is 10.6. The van der Waals surface area contributed by atoms with Crippen molar-refractivity contribution in [3.63, 3.8) is 0 Å². The van der Waals surface area contributed by atoms with E-state index in [-0.39, 0.29) is 6.04 Å². The SMILES string of the molecule is Cc1cc(CC(C)N)nc(C2CCCCS2)n1. The molecule has 4 heteroatoms. The van der Waals surface area contributed by atoms with Gasteiger partial charge in [-0.1, -0.05) is 6.42 Å². The van der Waals surface area contributed by atoms with Crippen molar-refractivity contribution in [1.29, 1.82) is 0 Å². The number of hydrogen-bond acceptors (Lipinski definition) is 4. The average molecular weight is 251 g/mol. The lowest BCUT2D eigenvalue weighted by Crippen LogP contribution is -2.19. The van der Waals surface area contributed by atoms with Gasteiger partial charge in [-0.05, 0) is 38.5 Å². The van der Waals surface area contributed by atoms with Crippen LogP contribution in [0.1, 0.15) is 48.6 Å². The summed E-state index contributed by atoms with van der Waals surface area (Å²) in [4.78, 5) is 9.28. The van der Waals surface area contributed by atoms with E-state index in [1.807, 2.05) is 25.6 Å². The van der Waals surface area contributed by atoms with E-state index in [9.17, 15) is 0 Å². The van der Waals surface area contributed by atoms with Crippen molar-refractivity contribution in [2.24, 2.45) is 5.73 Å². The summed E-state index contributed by atoms with van der Waals surface area (Å²) < 4.78 is 0. The summed E-state index contributed by atoms with van der Waals surface area (Å²) >= 11 is 2.00. The molecule has 94 valence electrons. The highest BCUT2D eigenvalue weighted by Crippen LogP contribution is 2.36. The Hall–Kier alpha value is -0.610. The molecule has 2 N–H and O–H groups in total. The molecule has 1 aromatic heterocycles. The molecule has 2 heterocycles. The highest BCUT2D eigenvalue weighted by Gasteiger charge is 2.19. The number of aromatic nitrogens is 2. The van der Waals surface area contributed by atoms with Crippen molar-refractivity contribution in [2.45, 2.75) is 50.8 Å². The van der Waals surface area contributed by atoms with Crippen LogP contribution in [0.25, 0.3) is 0 Å². The first-order valence-electron chi connectivity index (χ1n) is 6.37. The number of nitrogens with zero attached hydrogens (tertiary/aromatic N) is 2. The van der Waals surface area contributed by atoms with Crippen molar-refractivity contribution in [1.82, 2.24) is 9.97 Å². The Morgan fingerprint density at radius 3 is 2.94 bits per heavy atom. The second-order valence-corrected chi connectivity index (χ2v) is 6.21. The normalized spacial score (nSPS) is 22.4. The first-order valence-corrected chi connectivity index (χ1v) is 7.41. The molecule has 0 radical (unpaired) electrons. The van der Waals surface area contributed by atoms with Crippen molar-refractivity contribution in [2.75, 3.05) is 5.75 Å². The van der Waals surface area contributed by atoms with Gasteiger partial charge in [0.1, 0.15) is 5.82 Å². The third-order valence-electron chi connectivity index (χ3n) is 2.92. The molecule has 1 fully saturated rings. The average Bonchev–Trinajstić information content (AvgIpc) is 2.28. The molecule has 0 aromatic carbocycles. The molecule has 0 spiro atoms. The lowest BCUT2D eigenvalue weighted by atomic mass is 10.1. The van der Waals surface area contributed by atoms with Gasteiger partial charge in [0, 0.05) is 23.9 Å². The summed E-state index contributed by atoms with van der Waals surface area (Å²) in [6.45, 7) is 4.07. The molecule has 1 aromatic rings. The molecular weight excluding hydrogens is 230 g/mol. The van der Waals surface area contributed by atoms with Crippen LogP contribution in [0, 0.1) is 6.92 Å². The summed E-state index contributed by atoms with van der Waals surface area (Å²) in [5, 5.41) is 0.496. The summed E-state index contributed by atoms with van der Waals surface area (Å²) in [6, 6.07) is 2.22. The van der Waals surface area contributed by atoms with Crippen molar-refractivity contribution in [3.8, 4) is 0 Å². The van der Waals surface area contributed by atoms with Gasteiger partial charge in [0.25, 0.3) is 0 Å². The fraction of sp³-hybridized carbons (Fsp3) is 0.692. The third-order valence-corrected chi connectivity index (χ3v) is 4.30. The Labute approximate surface area is 108 Å². The first-order chi connectivity index (χ1) is 8.15. The molecule has 2 atom stereocenters. The van der Waals surface area contributed by atoms with Crippen molar-refractivity contribution >= 4 is 11.8 Å². The van der Waals surface area contributed by atoms with Gasteiger partial charge in [-0.15, -0.1) is 0 Å². The lowest BCUT2D eigenvalue weighted by molar-refractivity contribution is 0.648. The van der Waals surface area contributed by atoms with Crippen LogP contribution >= 0.6 is 11.8 Å². The third kappa shape index (κ3) is 3.68. The standard InChI is InChI=1S/C13H21N3S/c1-9(14)7-11-8-10(2)15-13(16-11)12-5-3-4-6-17-12/h8-9,12H,3-7,14H2,1-2H3. The highest BCUT2D eigenvalue weighted by molar-refractivity contribution is 7.99. The summed E-state index contributed by atoms with van der Waals surface area (Å²) in [5.41, 5.74) is 8.00. The van der Waals surface area contributed by atoms with E-state index >= 15 is 0 Å². The predicted molar refractivity (Wildman–Crippen MR) is 73.2 cm³/mol. The molecule has 1 aliphatic rings. The fourth-order valence-corrected chi connectivity index (χ4v) is 3.42. The lowest BCUT2D eigenvalue weighted by Gasteiger charge is -2.20. The maximum absolute atomic E-state index is 5.84. The molecule has 0 saturated carbocycles. The van der Waals surface area contributed by atoms with Crippen LogP contribution in [0.5, 0.6) is 0 Å². The number of aryl methyl sites for hydroxylation is 1. The smallest absolute Gasteiger partial charge is 0.141 e. The van der Waals surface area contributed by atoms with E-state index in [4.69, 9.17) is 5.73 Å². The number of thioether (sulfide) groups is 1. The Morgan fingerprint density at radius 2 is 2.29 bits per heavy atom. The van der Waals surface area contributed by atoms with E-state index in [2.05, 4.69) is 16.0 Å². The molecule has 1 aliphatic heterocycles. The molecule has 17 heavy (non-hydrogen) atoms. The second-order valence-electron chi connectivity index (χ2n) is 4.90. The molecule has 0 amide bonds. The van der Waals surface area contributed by atoms with Gasteiger partial charge in [0.2, 0.25) is 0 Å². The van der Waals surface area contributed by atoms with Gasteiger partial charge in [0.05, 0.1) is 5.25 Å². The fourth-order valence-electron chi connectivity index (χ4n) is 2.18. The number of nitrogens with two attached hydrogens (primary N) is 1. The van der Waals surface area contributed by atoms with Gasteiger partial charge >= 0.3 is 0 Å². The van der Waals surface area contributed by atoms with Gasteiger partial charge < -0.3 is 5.73 Å². The van der Waals surface area contributed by atoms with Crippen LogP contribution in [0.15, 0.2) is 6.07 Å². The summed E-state index contributed by atoms with van der Waals surface area (Å²) in [7, 11) is 0. The van der Waals surface area contributed by atoms with Crippen LogP contribution in [0.4, 0.5) is 0 Å². The Bertz CT molecular complexity index is 373. The number of hydrogen-bond donors (Lipinski definition) is 1. The zero-order valence-corrected chi connectivity index (χ0v) is 11.5. The van der Waals surface area contributed by atoms with Crippen LogP contribution < -0.4 is 5.73 Å². The van der Waals surface area contributed by atoms with Gasteiger partial charge in [-0.3, -0.25) is 0 Å². The largest absolute Gasteiger partial charge is 0.328 e. The Kier molecular flexibility index (Phi) is 4.40. The van der Waals surface area contributed by atoms with Gasteiger partial charge in [0.15, 0.2) is 0 Å². The second kappa shape index (κ2) is 5.83. The highest BCUT2D eigenvalue weighted by atomic mass is 32.2. The molecule has 2 rings (SSSR count). The number of rotatable bonds is 3. The Balaban J connectivity index is 2.18. The molecular formula is C13H21N3S. The molecule has 1 saturated heterocycles. The van der Waals surface area contributed by atoms with Crippen molar-refractivity contribution < 1.29 is 0 Å². The van der Waals surface area contributed by atoms with E-state index in [1.54, 1.807) is 0 Å². The van der Waals surface area contributed by atoms with Crippen LogP contribution in [-0.4, -0.2) is 21.8 Å². The minimum Gasteiger partial charge on any atom is -0.328 e. The summed E-state index contributed by atoms with van der Waals surface area (Å²) in [5.74, 6) is 2.26. The van der Waals surface area contributed by atoms with Crippen LogP contribution in [-0.2, 0) is 6.42 Å². The minimum absolute atomic E-state index is 0.163. The monoisotopic (exact) mass is 251 g/mol. The van der Waals surface area contributed by atoms with E-state index in [0.717, 1.165) is 23.6 Å². The summed E-state index contributed by atoms with van der Waals surface area (Å²) in [6.07, 6.45) is 4.69. The quantitative estimate of drug-likeness (QED) is 0.897. The van der Waals surface area contributed by atoms with Gasteiger partial charge in [-0.2, -0.15) is 11.8 Å².